The van der Waals surface area contributed by atoms with Crippen molar-refractivity contribution < 1.29 is 80.2 Å². The van der Waals surface area contributed by atoms with Crippen LogP contribution in [-0.4, -0.2) is 96.7 Å². The van der Waals surface area contributed by atoms with Crippen LogP contribution in [0.3, 0.4) is 0 Å². The van der Waals surface area contributed by atoms with Gasteiger partial charge in [0.25, 0.3) is 0 Å². The monoisotopic (exact) mass is 1330 g/mol. The van der Waals surface area contributed by atoms with E-state index in [0.29, 0.717) is 37.5 Å². The molecule has 19 heteroatoms. The van der Waals surface area contributed by atoms with Crippen LogP contribution in [-0.2, 0) is 65.4 Å². The third-order valence-corrected chi connectivity index (χ3v) is 18.3. The van der Waals surface area contributed by atoms with Crippen molar-refractivity contribution in [2.45, 2.75) is 356 Å². The van der Waals surface area contributed by atoms with Crippen molar-refractivity contribution >= 4 is 39.5 Å². The van der Waals surface area contributed by atoms with Crippen LogP contribution in [0.25, 0.3) is 0 Å². The van der Waals surface area contributed by atoms with Gasteiger partial charge in [-0.2, -0.15) is 0 Å². The van der Waals surface area contributed by atoms with E-state index in [2.05, 4.69) is 72.8 Å². The Morgan fingerprint density at radius 2 is 0.648 bits per heavy atom. The minimum absolute atomic E-state index is 0.0835. The lowest BCUT2D eigenvalue weighted by atomic mass is 9.99. The number of aliphatic hydroxyl groups is 1. The number of unbranched alkanes of at least 4 members (excludes halogenated alkanes) is 32. The van der Waals surface area contributed by atoms with E-state index in [-0.39, 0.29) is 25.7 Å². The third-order valence-electron chi connectivity index (χ3n) is 16.4. The first kappa shape index (κ1) is 88.5. The quantitative estimate of drug-likeness (QED) is 0.0169. The highest BCUT2D eigenvalue weighted by Gasteiger charge is 2.30. The van der Waals surface area contributed by atoms with Crippen LogP contribution < -0.4 is 0 Å². The second-order valence-corrected chi connectivity index (χ2v) is 29.4. The molecule has 0 aromatic rings. The molecule has 0 fully saturated rings. The molecule has 3 unspecified atom stereocenters. The average molecular weight is 1340 g/mol. The van der Waals surface area contributed by atoms with Crippen molar-refractivity contribution in [3.05, 3.63) is 24.3 Å². The molecule has 17 nitrogen and oxygen atoms in total. The second-order valence-electron chi connectivity index (χ2n) is 26.5. The minimum Gasteiger partial charge on any atom is -0.462 e. The summed E-state index contributed by atoms with van der Waals surface area (Å²) in [5.74, 6) is 0.0391. The first-order chi connectivity index (χ1) is 43.8. The maximum Gasteiger partial charge on any atom is 0.472 e. The number of rotatable bonds is 68. The van der Waals surface area contributed by atoms with Crippen LogP contribution >= 0.6 is 15.6 Å². The molecule has 536 valence electrons. The smallest absolute Gasteiger partial charge is 0.462 e. The average Bonchev–Trinajstić information content (AvgIpc) is 3.72. The number of ether oxygens (including phenoxy) is 4. The molecule has 0 saturated carbocycles. The van der Waals surface area contributed by atoms with Crippen LogP contribution in [0.1, 0.15) is 337 Å². The minimum atomic E-state index is -4.96. The maximum atomic E-state index is 13.0. The molecular formula is C72H136O17P2. The van der Waals surface area contributed by atoms with E-state index in [4.69, 9.17) is 37.0 Å². The molecule has 0 bridgehead atoms. The molecular weight excluding hydrogens is 1200 g/mol. The fourth-order valence-corrected chi connectivity index (χ4v) is 11.9. The Balaban J connectivity index is 5.23. The van der Waals surface area contributed by atoms with Crippen molar-refractivity contribution in [3.63, 3.8) is 0 Å². The number of esters is 4. The van der Waals surface area contributed by atoms with Gasteiger partial charge in [-0.1, -0.05) is 285 Å². The second kappa shape index (κ2) is 62.4. The number of carbonyl (C=O) groups excluding carboxylic acids is 4. The fourth-order valence-electron chi connectivity index (χ4n) is 10.3. The maximum absolute atomic E-state index is 13.0. The third kappa shape index (κ3) is 64.6. The molecule has 0 radical (unpaired) electrons. The van der Waals surface area contributed by atoms with Crippen molar-refractivity contribution in [2.24, 2.45) is 17.8 Å². The van der Waals surface area contributed by atoms with E-state index in [1.54, 1.807) is 0 Å². The normalized spacial score (nSPS) is 14.6. The van der Waals surface area contributed by atoms with Gasteiger partial charge >= 0.3 is 39.5 Å². The Bertz CT molecular complexity index is 1880. The van der Waals surface area contributed by atoms with Gasteiger partial charge in [-0.3, -0.25) is 37.3 Å². The van der Waals surface area contributed by atoms with E-state index >= 15 is 0 Å². The molecule has 3 N–H and O–H groups in total. The van der Waals surface area contributed by atoms with E-state index in [9.17, 15) is 43.2 Å². The summed E-state index contributed by atoms with van der Waals surface area (Å²) in [5, 5.41) is 10.6. The summed E-state index contributed by atoms with van der Waals surface area (Å²) in [6.45, 7) is 11.7. The van der Waals surface area contributed by atoms with E-state index in [0.717, 1.165) is 121 Å². The molecule has 0 saturated heterocycles. The van der Waals surface area contributed by atoms with Crippen LogP contribution in [0, 0.1) is 17.8 Å². The molecule has 6 atom stereocenters. The van der Waals surface area contributed by atoms with Gasteiger partial charge in [0.05, 0.1) is 26.4 Å². The van der Waals surface area contributed by atoms with Crippen molar-refractivity contribution in [1.82, 2.24) is 0 Å². The first-order valence-electron chi connectivity index (χ1n) is 36.7. The van der Waals surface area contributed by atoms with E-state index in [1.807, 2.05) is 0 Å². The zero-order chi connectivity index (χ0) is 67.3. The van der Waals surface area contributed by atoms with Crippen LogP contribution in [0.2, 0.25) is 0 Å². The lowest BCUT2D eigenvalue weighted by Gasteiger charge is -2.21. The zero-order valence-electron chi connectivity index (χ0n) is 58.8. The van der Waals surface area contributed by atoms with Gasteiger partial charge < -0.3 is 33.8 Å². The van der Waals surface area contributed by atoms with Crippen LogP contribution in [0.5, 0.6) is 0 Å². The Hall–Kier alpha value is -2.46. The summed E-state index contributed by atoms with van der Waals surface area (Å²) in [6, 6.07) is 0. The number of hydrogen-bond acceptors (Lipinski definition) is 15. The lowest BCUT2D eigenvalue weighted by Crippen LogP contribution is -2.30. The zero-order valence-corrected chi connectivity index (χ0v) is 60.6. The molecule has 0 aliphatic carbocycles. The van der Waals surface area contributed by atoms with Gasteiger partial charge in [-0.25, -0.2) is 9.13 Å². The Kier molecular flexibility index (Phi) is 60.7. The van der Waals surface area contributed by atoms with Gasteiger partial charge in [0.15, 0.2) is 12.2 Å². The predicted molar refractivity (Wildman–Crippen MR) is 367 cm³/mol. The molecule has 0 rings (SSSR count). The highest BCUT2D eigenvalue weighted by atomic mass is 31.2. The number of aliphatic hydroxyl groups excluding tert-OH is 1. The van der Waals surface area contributed by atoms with Crippen LogP contribution in [0.4, 0.5) is 0 Å². The number of carbonyl (C=O) groups is 4. The van der Waals surface area contributed by atoms with E-state index in [1.165, 1.54) is 122 Å². The molecule has 0 aliphatic rings. The standard InChI is InChI=1S/C72H136O17P2/c1-8-10-11-12-13-14-15-16-17-21-24-27-30-41-48-55-71(76)88-67(59-82-69(74)53-46-39-34-32-36-43-50-63(3)4)61-86-90(78,79)84-57-66(73)58-85-91(80,81)87-62-68(60-83-70(75)54-47-40-35-33-37-44-51-64(5)6)89-72(77)56-49-42-31-28-25-22-19-18-20-23-26-29-38-45-52-65(7)9-2/h14-17,63-68,73H,8-13,18-62H2,1-7H3,(H,78,79)(H,80,81)/b15-14-,17-16-/t65?,66-,67+,68+/m0/s1. The van der Waals surface area contributed by atoms with Gasteiger partial charge in [-0.05, 0) is 69.1 Å². The number of allylic oxidation sites excluding steroid dienone is 4. The summed E-state index contributed by atoms with van der Waals surface area (Å²) >= 11 is 0. The lowest BCUT2D eigenvalue weighted by molar-refractivity contribution is -0.161. The Morgan fingerprint density at radius 1 is 0.363 bits per heavy atom. The summed E-state index contributed by atoms with van der Waals surface area (Å²) in [7, 11) is -9.92. The number of phosphoric acid groups is 2. The highest BCUT2D eigenvalue weighted by molar-refractivity contribution is 7.47. The molecule has 0 aliphatic heterocycles. The van der Waals surface area contributed by atoms with Gasteiger partial charge in [0, 0.05) is 25.7 Å². The Labute approximate surface area is 554 Å². The van der Waals surface area contributed by atoms with Gasteiger partial charge in [-0.15, -0.1) is 0 Å². The molecule has 0 amide bonds. The summed E-state index contributed by atoms with van der Waals surface area (Å²) in [4.78, 5) is 72.5. The van der Waals surface area contributed by atoms with Crippen molar-refractivity contribution in [3.8, 4) is 0 Å². The fraction of sp³-hybridized carbons (Fsp3) is 0.889. The van der Waals surface area contributed by atoms with Gasteiger partial charge in [0.2, 0.25) is 0 Å². The molecule has 0 aromatic carbocycles. The molecule has 0 heterocycles. The number of hydrogen-bond donors (Lipinski definition) is 3. The van der Waals surface area contributed by atoms with Crippen molar-refractivity contribution in [2.75, 3.05) is 39.6 Å². The van der Waals surface area contributed by atoms with Gasteiger partial charge in [0.1, 0.15) is 19.3 Å². The molecule has 0 aromatic heterocycles. The largest absolute Gasteiger partial charge is 0.472 e. The topological polar surface area (TPSA) is 237 Å². The highest BCUT2D eigenvalue weighted by Crippen LogP contribution is 2.45. The predicted octanol–water partition coefficient (Wildman–Crippen LogP) is 20.2. The number of phosphoric ester groups is 2. The van der Waals surface area contributed by atoms with Crippen molar-refractivity contribution in [1.29, 1.82) is 0 Å². The SMILES string of the molecule is CCCCCC/C=C\C=C/CCCCCCCC(=O)O[C@H](COC(=O)CCCCCCCCC(C)C)COP(=O)(O)OC[C@H](O)COP(=O)(O)OC[C@@H](COC(=O)CCCCCCCCC(C)C)OC(=O)CCCCCCCCCCCCCCCCC(C)CC. The summed E-state index contributed by atoms with van der Waals surface area (Å²) < 4.78 is 68.2. The first-order valence-corrected chi connectivity index (χ1v) is 39.7. The van der Waals surface area contributed by atoms with E-state index < -0.39 is 97.5 Å². The summed E-state index contributed by atoms with van der Waals surface area (Å²) in [6.07, 6.45) is 49.7. The molecule has 0 spiro atoms. The Morgan fingerprint density at radius 3 is 0.978 bits per heavy atom. The molecule has 91 heavy (non-hydrogen) atoms. The summed E-state index contributed by atoms with van der Waals surface area (Å²) in [5.41, 5.74) is 0. The van der Waals surface area contributed by atoms with Crippen LogP contribution in [0.15, 0.2) is 24.3 Å².